The maximum Gasteiger partial charge on any atom is 0.458 e. The van der Waals surface area contributed by atoms with Crippen molar-refractivity contribution in [3.8, 4) is 0 Å². The van der Waals surface area contributed by atoms with Gasteiger partial charge in [-0.15, -0.1) is 0 Å². The van der Waals surface area contributed by atoms with Crippen molar-refractivity contribution in [2.45, 2.75) is 32.5 Å². The number of halogens is 5. The Balaban J connectivity index is 2.91. The highest BCUT2D eigenvalue weighted by Gasteiger charge is 2.59. The summed E-state index contributed by atoms with van der Waals surface area (Å²) in [5.41, 5.74) is -2.56. The van der Waals surface area contributed by atoms with E-state index in [0.717, 1.165) is 0 Å². The van der Waals surface area contributed by atoms with Crippen molar-refractivity contribution in [1.29, 1.82) is 0 Å². The minimum atomic E-state index is -5.78. The van der Waals surface area contributed by atoms with Gasteiger partial charge in [0.05, 0.1) is 5.69 Å². The van der Waals surface area contributed by atoms with Gasteiger partial charge in [-0.2, -0.15) is 27.1 Å². The first-order valence-corrected chi connectivity index (χ1v) is 5.65. The second kappa shape index (κ2) is 4.29. The van der Waals surface area contributed by atoms with Gasteiger partial charge in [0, 0.05) is 23.6 Å². The van der Waals surface area contributed by atoms with Crippen LogP contribution in [-0.4, -0.2) is 20.9 Å². The number of alkyl halides is 5. The maximum atomic E-state index is 13.6. The fourth-order valence-electron chi connectivity index (χ4n) is 2.02. The number of nitrogens with one attached hydrogen (secondary N) is 1. The van der Waals surface area contributed by atoms with Crippen molar-refractivity contribution in [1.82, 2.24) is 14.8 Å². The van der Waals surface area contributed by atoms with E-state index in [9.17, 15) is 26.7 Å². The lowest BCUT2D eigenvalue weighted by Crippen LogP contribution is -2.35. The smallest absolute Gasteiger partial charge is 0.307 e. The van der Waals surface area contributed by atoms with Crippen LogP contribution in [0.4, 0.5) is 22.0 Å². The molecule has 2 aromatic rings. The summed E-state index contributed by atoms with van der Waals surface area (Å²) < 4.78 is 65.8. The number of aryl methyl sites for hydroxylation is 2. The molecule has 110 valence electrons. The van der Waals surface area contributed by atoms with E-state index in [0.29, 0.717) is 0 Å². The third kappa shape index (κ3) is 1.97. The van der Waals surface area contributed by atoms with Crippen LogP contribution in [0.3, 0.4) is 0 Å². The first-order chi connectivity index (χ1) is 9.09. The molecule has 2 heterocycles. The van der Waals surface area contributed by atoms with Gasteiger partial charge in [-0.1, -0.05) is 0 Å². The van der Waals surface area contributed by atoms with Crippen LogP contribution < -0.4 is 5.56 Å². The van der Waals surface area contributed by atoms with Crippen molar-refractivity contribution < 1.29 is 22.0 Å². The SMILES string of the molecule is CCn1nc(C)c2c(C(F)(F)C(F)(F)F)cc(=O)[nH]c21. The summed E-state index contributed by atoms with van der Waals surface area (Å²) in [4.78, 5) is 13.6. The molecule has 0 aromatic carbocycles. The third-order valence-corrected chi connectivity index (χ3v) is 2.91. The summed E-state index contributed by atoms with van der Waals surface area (Å²) in [5.74, 6) is -5.12. The first kappa shape index (κ1) is 14.5. The van der Waals surface area contributed by atoms with Crippen LogP contribution in [0.25, 0.3) is 11.0 Å². The summed E-state index contributed by atoms with van der Waals surface area (Å²) in [6.45, 7) is 3.16. The van der Waals surface area contributed by atoms with Crippen LogP contribution in [0, 0.1) is 6.92 Å². The molecule has 0 saturated heterocycles. The number of aromatic amines is 1. The molecule has 0 atom stereocenters. The van der Waals surface area contributed by atoms with Gasteiger partial charge in [0.25, 0.3) is 0 Å². The van der Waals surface area contributed by atoms with Crippen LogP contribution >= 0.6 is 0 Å². The molecule has 4 nitrogen and oxygen atoms in total. The number of pyridine rings is 1. The fraction of sp³-hybridized carbons (Fsp3) is 0.455. The zero-order valence-electron chi connectivity index (χ0n) is 10.5. The van der Waals surface area contributed by atoms with Crippen molar-refractivity contribution in [3.05, 3.63) is 27.7 Å². The molecule has 0 spiro atoms. The summed E-state index contributed by atoms with van der Waals surface area (Å²) in [5, 5.41) is 3.47. The first-order valence-electron chi connectivity index (χ1n) is 5.65. The van der Waals surface area contributed by atoms with Crippen LogP contribution in [0.5, 0.6) is 0 Å². The topological polar surface area (TPSA) is 50.7 Å². The Morgan fingerprint density at radius 1 is 1.30 bits per heavy atom. The van der Waals surface area contributed by atoms with E-state index in [4.69, 9.17) is 0 Å². The van der Waals surface area contributed by atoms with E-state index in [1.165, 1.54) is 11.6 Å². The lowest BCUT2D eigenvalue weighted by molar-refractivity contribution is -0.288. The minimum Gasteiger partial charge on any atom is -0.307 e. The molecular formula is C11H10F5N3O. The van der Waals surface area contributed by atoms with Crippen molar-refractivity contribution >= 4 is 11.0 Å². The standard InChI is InChI=1S/C11H10F5N3O/c1-3-19-9-8(5(2)18-19)6(4-7(20)17-9)10(12,13)11(14,15)16/h4H,3H2,1-2H3,(H,17,20). The second-order valence-electron chi connectivity index (χ2n) is 4.24. The lowest BCUT2D eigenvalue weighted by atomic mass is 10.0. The summed E-state index contributed by atoms with van der Waals surface area (Å²) in [6.07, 6.45) is -5.78. The van der Waals surface area contributed by atoms with Gasteiger partial charge in [-0.25, -0.2) is 4.68 Å². The van der Waals surface area contributed by atoms with E-state index in [-0.39, 0.29) is 29.3 Å². The van der Waals surface area contributed by atoms with Crippen molar-refractivity contribution in [2.24, 2.45) is 0 Å². The molecule has 0 unspecified atom stereocenters. The molecule has 0 radical (unpaired) electrons. The van der Waals surface area contributed by atoms with E-state index in [2.05, 4.69) is 10.1 Å². The monoisotopic (exact) mass is 295 g/mol. The van der Waals surface area contributed by atoms with Crippen LogP contribution in [0.2, 0.25) is 0 Å². The Labute approximate surface area is 109 Å². The van der Waals surface area contributed by atoms with E-state index in [1.54, 1.807) is 6.92 Å². The molecule has 0 aliphatic rings. The number of fused-ring (bicyclic) bond motifs is 1. The van der Waals surface area contributed by atoms with E-state index >= 15 is 0 Å². The van der Waals surface area contributed by atoms with Crippen molar-refractivity contribution in [2.75, 3.05) is 0 Å². The van der Waals surface area contributed by atoms with Gasteiger partial charge in [-0.05, 0) is 13.8 Å². The van der Waals surface area contributed by atoms with Gasteiger partial charge < -0.3 is 4.98 Å². The molecule has 1 N–H and O–H groups in total. The largest absolute Gasteiger partial charge is 0.458 e. The van der Waals surface area contributed by atoms with Gasteiger partial charge in [0.1, 0.15) is 5.65 Å². The Morgan fingerprint density at radius 3 is 2.40 bits per heavy atom. The Kier molecular flexibility index (Phi) is 3.10. The van der Waals surface area contributed by atoms with Gasteiger partial charge >= 0.3 is 12.1 Å². The molecule has 0 saturated carbocycles. The summed E-state index contributed by atoms with van der Waals surface area (Å²) >= 11 is 0. The average molecular weight is 295 g/mol. The minimum absolute atomic E-state index is 0.00275. The molecule has 9 heteroatoms. The molecule has 0 bridgehead atoms. The molecule has 0 fully saturated rings. The molecule has 20 heavy (non-hydrogen) atoms. The molecule has 0 amide bonds. The Bertz CT molecular complexity index is 713. The number of hydrogen-bond donors (Lipinski definition) is 1. The van der Waals surface area contributed by atoms with Gasteiger partial charge in [0.2, 0.25) is 5.56 Å². The van der Waals surface area contributed by atoms with Gasteiger partial charge in [-0.3, -0.25) is 4.79 Å². The number of aromatic nitrogens is 3. The average Bonchev–Trinajstić information content (AvgIpc) is 2.63. The van der Waals surface area contributed by atoms with Crippen LogP contribution in [0.15, 0.2) is 10.9 Å². The van der Waals surface area contributed by atoms with E-state index < -0.39 is 23.2 Å². The summed E-state index contributed by atoms with van der Waals surface area (Å²) in [6, 6.07) is 0.268. The molecule has 0 aliphatic carbocycles. The fourth-order valence-corrected chi connectivity index (χ4v) is 2.02. The lowest BCUT2D eigenvalue weighted by Gasteiger charge is -2.20. The second-order valence-corrected chi connectivity index (χ2v) is 4.24. The van der Waals surface area contributed by atoms with Crippen molar-refractivity contribution in [3.63, 3.8) is 0 Å². The highest BCUT2D eigenvalue weighted by atomic mass is 19.4. The quantitative estimate of drug-likeness (QED) is 0.866. The van der Waals surface area contributed by atoms with Gasteiger partial charge in [0.15, 0.2) is 0 Å². The maximum absolute atomic E-state index is 13.6. The zero-order valence-corrected chi connectivity index (χ0v) is 10.5. The highest BCUT2D eigenvalue weighted by molar-refractivity contribution is 5.82. The third-order valence-electron chi connectivity index (χ3n) is 2.91. The van der Waals surface area contributed by atoms with Crippen LogP contribution in [-0.2, 0) is 12.5 Å². The normalized spacial score (nSPS) is 13.2. The Hall–Kier alpha value is -1.93. The number of H-pyrrole nitrogens is 1. The Morgan fingerprint density at radius 2 is 1.90 bits per heavy atom. The van der Waals surface area contributed by atoms with Crippen LogP contribution in [0.1, 0.15) is 18.2 Å². The van der Waals surface area contributed by atoms with E-state index in [1.807, 2.05) is 0 Å². The highest BCUT2D eigenvalue weighted by Crippen LogP contribution is 2.45. The predicted octanol–water partition coefficient (Wildman–Crippen LogP) is 2.71. The molecule has 2 aromatic heterocycles. The zero-order chi connectivity index (χ0) is 15.3. The number of rotatable bonds is 2. The number of hydrogen-bond acceptors (Lipinski definition) is 2. The predicted molar refractivity (Wildman–Crippen MR) is 60.7 cm³/mol. The molecule has 2 rings (SSSR count). The molecule has 0 aliphatic heterocycles. The summed E-state index contributed by atoms with van der Waals surface area (Å²) in [7, 11) is 0. The number of nitrogens with zero attached hydrogens (tertiary/aromatic N) is 2. The molecular weight excluding hydrogens is 285 g/mol.